The molecule has 1 N–H and O–H groups in total. The lowest BCUT2D eigenvalue weighted by atomic mass is 9.85. The summed E-state index contributed by atoms with van der Waals surface area (Å²) < 4.78 is 25.6. The van der Waals surface area contributed by atoms with Crippen LogP contribution in [0.2, 0.25) is 0 Å². The Balaban J connectivity index is 1.94. The van der Waals surface area contributed by atoms with Gasteiger partial charge in [-0.15, -0.1) is 0 Å². The van der Waals surface area contributed by atoms with Crippen molar-refractivity contribution in [3.63, 3.8) is 0 Å². The van der Waals surface area contributed by atoms with Gasteiger partial charge in [0.15, 0.2) is 0 Å². The van der Waals surface area contributed by atoms with Crippen molar-refractivity contribution < 1.29 is 13.6 Å². The summed E-state index contributed by atoms with van der Waals surface area (Å²) in [5, 5.41) is 2.97. The molecule has 0 bridgehead atoms. The number of anilines is 1. The molecule has 3 rings (SSSR count). The molecule has 0 spiro atoms. The molecule has 3 nitrogen and oxygen atoms in total. The van der Waals surface area contributed by atoms with Crippen molar-refractivity contribution in [2.75, 3.05) is 5.32 Å². The van der Waals surface area contributed by atoms with E-state index in [0.29, 0.717) is 5.92 Å². The van der Waals surface area contributed by atoms with Crippen molar-refractivity contribution in [1.29, 1.82) is 0 Å². The predicted molar refractivity (Wildman–Crippen MR) is 104 cm³/mol. The van der Waals surface area contributed by atoms with Gasteiger partial charge in [-0.3, -0.25) is 9.78 Å². The molecule has 0 saturated carbocycles. The highest BCUT2D eigenvalue weighted by Gasteiger charge is 2.38. The monoisotopic (exact) mass is 372 g/mol. The Morgan fingerprint density at radius 2 is 2.07 bits per heavy atom. The third-order valence-corrected chi connectivity index (χ3v) is 5.37. The number of nitrogens with zero attached hydrogens (tertiary/aromatic N) is 1. The van der Waals surface area contributed by atoms with Gasteiger partial charge in [-0.2, -0.15) is 0 Å². The minimum Gasteiger partial charge on any atom is -0.322 e. The fourth-order valence-electron chi connectivity index (χ4n) is 4.27. The molecule has 0 radical (unpaired) electrons. The summed E-state index contributed by atoms with van der Waals surface area (Å²) in [6, 6.07) is 9.14. The number of halogens is 2. The Labute approximate surface area is 159 Å². The molecule has 1 aliphatic carbocycles. The number of rotatable bonds is 6. The summed E-state index contributed by atoms with van der Waals surface area (Å²) in [5.41, 5.74) is 3.64. The Morgan fingerprint density at radius 3 is 2.78 bits per heavy atom. The van der Waals surface area contributed by atoms with Crippen LogP contribution in [0.25, 0.3) is 0 Å². The first-order valence-electron chi connectivity index (χ1n) is 9.50. The second kappa shape index (κ2) is 7.75. The van der Waals surface area contributed by atoms with Gasteiger partial charge in [0.2, 0.25) is 6.43 Å². The molecular weight excluding hydrogens is 346 g/mol. The number of aromatic nitrogens is 1. The highest BCUT2D eigenvalue weighted by Crippen LogP contribution is 2.50. The van der Waals surface area contributed by atoms with Gasteiger partial charge in [-0.05, 0) is 53.5 Å². The van der Waals surface area contributed by atoms with E-state index in [1.54, 1.807) is 12.1 Å². The molecule has 1 atom stereocenters. The number of alkyl halides is 2. The number of nitrogens with one attached hydrogen (secondary N) is 1. The lowest BCUT2D eigenvalue weighted by Crippen LogP contribution is -2.18. The van der Waals surface area contributed by atoms with Crippen LogP contribution in [0, 0.1) is 0 Å². The van der Waals surface area contributed by atoms with E-state index in [4.69, 9.17) is 0 Å². The van der Waals surface area contributed by atoms with E-state index in [2.05, 4.69) is 37.1 Å². The zero-order chi connectivity index (χ0) is 19.6. The largest absolute Gasteiger partial charge is 0.322 e. The molecule has 144 valence electrons. The Morgan fingerprint density at radius 1 is 1.30 bits per heavy atom. The van der Waals surface area contributed by atoms with Crippen molar-refractivity contribution in [2.24, 2.45) is 0 Å². The first-order valence-corrected chi connectivity index (χ1v) is 9.50. The molecule has 1 aromatic heterocycles. The van der Waals surface area contributed by atoms with Crippen LogP contribution in [-0.2, 0) is 11.8 Å². The molecule has 2 aromatic rings. The van der Waals surface area contributed by atoms with E-state index in [0.717, 1.165) is 24.9 Å². The molecule has 1 heterocycles. The van der Waals surface area contributed by atoms with Crippen LogP contribution in [0.5, 0.6) is 0 Å². The smallest absolute Gasteiger partial charge is 0.257 e. The summed E-state index contributed by atoms with van der Waals surface area (Å²) in [5.74, 6) is 0.0121. The lowest BCUT2D eigenvalue weighted by Gasteiger charge is -2.19. The molecule has 1 aromatic carbocycles. The number of carbonyl (C=O) groups excluding carboxylic acids is 1. The van der Waals surface area contributed by atoms with Gasteiger partial charge in [0.05, 0.1) is 17.7 Å². The molecule has 0 fully saturated rings. The molecule has 1 aliphatic rings. The summed E-state index contributed by atoms with van der Waals surface area (Å²) in [4.78, 5) is 16.8. The third kappa shape index (κ3) is 4.02. The van der Waals surface area contributed by atoms with Crippen LogP contribution < -0.4 is 5.32 Å². The summed E-state index contributed by atoms with van der Waals surface area (Å²) in [7, 11) is 0. The Kier molecular flexibility index (Phi) is 5.59. The SMILES string of the molecule is CCCC1CC(C)(C)c2cccc(NC(=O)c3cccnc3CC(F)F)c21. The third-order valence-electron chi connectivity index (χ3n) is 5.37. The van der Waals surface area contributed by atoms with Gasteiger partial charge in [0.25, 0.3) is 5.91 Å². The van der Waals surface area contributed by atoms with Gasteiger partial charge in [-0.1, -0.05) is 39.3 Å². The second-order valence-corrected chi connectivity index (χ2v) is 7.89. The second-order valence-electron chi connectivity index (χ2n) is 7.89. The maximum atomic E-state index is 12.8. The summed E-state index contributed by atoms with van der Waals surface area (Å²) in [6.07, 6.45) is 1.56. The average Bonchev–Trinajstić information content (AvgIpc) is 2.86. The number of fused-ring (bicyclic) bond motifs is 1. The highest BCUT2D eigenvalue weighted by atomic mass is 19.3. The Hall–Kier alpha value is -2.30. The van der Waals surface area contributed by atoms with Crippen molar-refractivity contribution >= 4 is 11.6 Å². The molecule has 1 amide bonds. The van der Waals surface area contributed by atoms with Gasteiger partial charge >= 0.3 is 0 Å². The highest BCUT2D eigenvalue weighted by molar-refractivity contribution is 6.05. The summed E-state index contributed by atoms with van der Waals surface area (Å²) >= 11 is 0. The maximum Gasteiger partial charge on any atom is 0.257 e. The normalized spacial score (nSPS) is 17.8. The van der Waals surface area contributed by atoms with E-state index < -0.39 is 12.8 Å². The van der Waals surface area contributed by atoms with Crippen molar-refractivity contribution in [1.82, 2.24) is 4.98 Å². The van der Waals surface area contributed by atoms with E-state index in [9.17, 15) is 13.6 Å². The van der Waals surface area contributed by atoms with Crippen LogP contribution in [0.15, 0.2) is 36.5 Å². The number of benzene rings is 1. The number of amides is 1. The zero-order valence-electron chi connectivity index (χ0n) is 16.1. The van der Waals surface area contributed by atoms with Crippen LogP contribution in [0.4, 0.5) is 14.5 Å². The van der Waals surface area contributed by atoms with E-state index in [-0.39, 0.29) is 22.6 Å². The number of pyridine rings is 1. The fourth-order valence-corrected chi connectivity index (χ4v) is 4.27. The molecular formula is C22H26F2N2O. The molecule has 0 saturated heterocycles. The van der Waals surface area contributed by atoms with Crippen molar-refractivity contribution in [3.05, 3.63) is 58.9 Å². The van der Waals surface area contributed by atoms with Crippen LogP contribution >= 0.6 is 0 Å². The maximum absolute atomic E-state index is 12.8. The topological polar surface area (TPSA) is 42.0 Å². The zero-order valence-corrected chi connectivity index (χ0v) is 16.1. The van der Waals surface area contributed by atoms with Crippen LogP contribution in [0.1, 0.15) is 73.1 Å². The molecule has 0 aliphatic heterocycles. The number of carbonyl (C=O) groups is 1. The molecule has 27 heavy (non-hydrogen) atoms. The molecule has 5 heteroatoms. The van der Waals surface area contributed by atoms with Crippen LogP contribution in [-0.4, -0.2) is 17.3 Å². The average molecular weight is 372 g/mol. The first kappa shape index (κ1) is 19.5. The predicted octanol–water partition coefficient (Wildman–Crippen LogP) is 5.71. The van der Waals surface area contributed by atoms with Gasteiger partial charge in [0, 0.05) is 11.9 Å². The minimum absolute atomic E-state index is 0.0606. The standard InChI is InChI=1S/C22H26F2N2O/c1-4-7-14-13-22(2,3)16-9-5-10-17(20(14)16)26-21(27)15-8-6-11-25-18(15)12-19(23)24/h5-6,8-11,14,19H,4,7,12-13H2,1-3H3,(H,26,27). The number of hydrogen-bond donors (Lipinski definition) is 1. The van der Waals surface area contributed by atoms with E-state index >= 15 is 0 Å². The lowest BCUT2D eigenvalue weighted by molar-refractivity contribution is 0.102. The fraction of sp³-hybridized carbons (Fsp3) is 0.455. The van der Waals surface area contributed by atoms with Gasteiger partial charge in [0.1, 0.15) is 0 Å². The van der Waals surface area contributed by atoms with Crippen LogP contribution in [0.3, 0.4) is 0 Å². The van der Waals surface area contributed by atoms with E-state index in [1.807, 2.05) is 12.1 Å². The number of hydrogen-bond acceptors (Lipinski definition) is 2. The first-order chi connectivity index (χ1) is 12.8. The van der Waals surface area contributed by atoms with Gasteiger partial charge < -0.3 is 5.32 Å². The summed E-state index contributed by atoms with van der Waals surface area (Å²) in [6.45, 7) is 6.63. The minimum atomic E-state index is -2.54. The quantitative estimate of drug-likeness (QED) is 0.706. The molecule has 1 unspecified atom stereocenters. The van der Waals surface area contributed by atoms with Gasteiger partial charge in [-0.25, -0.2) is 8.78 Å². The van der Waals surface area contributed by atoms with Crippen molar-refractivity contribution in [3.8, 4) is 0 Å². The Bertz CT molecular complexity index is 833. The van der Waals surface area contributed by atoms with E-state index in [1.165, 1.54) is 17.3 Å². The van der Waals surface area contributed by atoms with Crippen molar-refractivity contribution in [2.45, 2.75) is 64.2 Å².